The van der Waals surface area contributed by atoms with Crippen LogP contribution in [0.3, 0.4) is 0 Å². The van der Waals surface area contributed by atoms with Crippen molar-refractivity contribution in [2.24, 2.45) is 0 Å². The fraction of sp³-hybridized carbons (Fsp3) is 0.286. The van der Waals surface area contributed by atoms with E-state index >= 15 is 0 Å². The largest absolute Gasteiger partial charge is 0.478 e. The van der Waals surface area contributed by atoms with Crippen LogP contribution in [-0.2, 0) is 19.1 Å². The summed E-state index contributed by atoms with van der Waals surface area (Å²) in [6, 6.07) is 0. The van der Waals surface area contributed by atoms with Crippen LogP contribution in [0.15, 0.2) is 0 Å². The molecule has 3 amide bonds. The van der Waals surface area contributed by atoms with Crippen molar-refractivity contribution < 1.29 is 29.0 Å². The number of rotatable bonds is 3. The van der Waals surface area contributed by atoms with Gasteiger partial charge in [-0.05, 0) is 67.8 Å². The first kappa shape index (κ1) is 20.8. The molecule has 0 aromatic heterocycles. The molecule has 0 radical (unpaired) electrons. The van der Waals surface area contributed by atoms with Gasteiger partial charge in [-0.15, -0.1) is 0 Å². The van der Waals surface area contributed by atoms with Crippen LogP contribution in [0, 0.1) is 10.7 Å². The van der Waals surface area contributed by atoms with E-state index < -0.39 is 17.8 Å². The zero-order chi connectivity index (χ0) is 19.0. The zero-order valence-corrected chi connectivity index (χ0v) is 19.4. The summed E-state index contributed by atoms with van der Waals surface area (Å²) >= 11 is 5.58. The van der Waals surface area contributed by atoms with Crippen molar-refractivity contribution in [2.75, 3.05) is 30.1 Å². The van der Waals surface area contributed by atoms with Gasteiger partial charge in [-0.1, -0.05) is 0 Å². The quantitative estimate of drug-likeness (QED) is 0.387. The standard InChI is InChI=1S/C14H11I3N2O6/c1-5(20)18(2)12-9(15)8(14(23)24)10(16)13(11(12)17)19-6(21)3-25-4-7(19)22/h3-4H2,1-2H3,(H,23,24). The Bertz CT molecular complexity index is 794. The lowest BCUT2D eigenvalue weighted by molar-refractivity contribution is -0.138. The Hall–Kier alpha value is -0.550. The van der Waals surface area contributed by atoms with Gasteiger partial charge < -0.3 is 14.7 Å². The van der Waals surface area contributed by atoms with Gasteiger partial charge in [0.2, 0.25) is 5.91 Å². The Morgan fingerprint density at radius 2 is 1.60 bits per heavy atom. The van der Waals surface area contributed by atoms with Crippen molar-refractivity contribution in [3.8, 4) is 0 Å². The van der Waals surface area contributed by atoms with E-state index in [0.29, 0.717) is 12.8 Å². The molecule has 0 unspecified atom stereocenters. The Morgan fingerprint density at radius 1 is 1.08 bits per heavy atom. The van der Waals surface area contributed by atoms with Crippen LogP contribution in [0.4, 0.5) is 11.4 Å². The number of benzene rings is 1. The molecule has 0 aliphatic carbocycles. The van der Waals surface area contributed by atoms with Crippen molar-refractivity contribution >= 4 is 103 Å². The number of nitrogens with zero attached hydrogens (tertiary/aromatic N) is 2. The summed E-state index contributed by atoms with van der Waals surface area (Å²) in [5.74, 6) is -2.68. The van der Waals surface area contributed by atoms with Gasteiger partial charge in [-0.25, -0.2) is 9.69 Å². The smallest absolute Gasteiger partial charge is 0.338 e. The molecule has 1 fully saturated rings. The minimum absolute atomic E-state index is 0.0631. The summed E-state index contributed by atoms with van der Waals surface area (Å²) in [7, 11) is 1.51. The highest BCUT2D eigenvalue weighted by atomic mass is 127. The highest BCUT2D eigenvalue weighted by molar-refractivity contribution is 14.1. The van der Waals surface area contributed by atoms with E-state index in [-0.39, 0.29) is 33.9 Å². The lowest BCUT2D eigenvalue weighted by atomic mass is 10.1. The summed E-state index contributed by atoms with van der Waals surface area (Å²) in [6.45, 7) is 0.795. The van der Waals surface area contributed by atoms with Crippen molar-refractivity contribution in [3.63, 3.8) is 0 Å². The van der Waals surface area contributed by atoms with E-state index in [1.54, 1.807) is 22.6 Å². The molecule has 25 heavy (non-hydrogen) atoms. The third-order valence-electron chi connectivity index (χ3n) is 3.47. The minimum Gasteiger partial charge on any atom is -0.478 e. The highest BCUT2D eigenvalue weighted by Crippen LogP contribution is 2.42. The van der Waals surface area contributed by atoms with E-state index in [0.717, 1.165) is 4.90 Å². The molecule has 1 heterocycles. The molecule has 1 aromatic rings. The number of aromatic carboxylic acids is 1. The maximum Gasteiger partial charge on any atom is 0.338 e. The number of carbonyl (C=O) groups excluding carboxylic acids is 3. The number of hydrogen-bond donors (Lipinski definition) is 1. The number of carbonyl (C=O) groups is 4. The van der Waals surface area contributed by atoms with Gasteiger partial charge in [0.05, 0.1) is 27.6 Å². The summed E-state index contributed by atoms with van der Waals surface area (Å²) < 4.78 is 5.97. The van der Waals surface area contributed by atoms with Gasteiger partial charge in [-0.2, -0.15) is 0 Å². The lowest BCUT2D eigenvalue weighted by Crippen LogP contribution is -2.47. The van der Waals surface area contributed by atoms with E-state index in [2.05, 4.69) is 0 Å². The monoisotopic (exact) mass is 684 g/mol. The Kier molecular flexibility index (Phi) is 6.64. The van der Waals surface area contributed by atoms with Gasteiger partial charge in [-0.3, -0.25) is 14.4 Å². The van der Waals surface area contributed by atoms with Gasteiger partial charge in [0.25, 0.3) is 11.8 Å². The molecule has 0 saturated carbocycles. The zero-order valence-electron chi connectivity index (χ0n) is 12.9. The molecule has 8 nitrogen and oxygen atoms in total. The average Bonchev–Trinajstić information content (AvgIpc) is 2.49. The van der Waals surface area contributed by atoms with Crippen LogP contribution in [0.25, 0.3) is 0 Å². The van der Waals surface area contributed by atoms with Gasteiger partial charge in [0.15, 0.2) is 0 Å². The number of ether oxygens (including phenoxy) is 1. The molecular weight excluding hydrogens is 673 g/mol. The number of halogens is 3. The molecule has 1 aliphatic rings. The van der Waals surface area contributed by atoms with E-state index in [1.807, 2.05) is 45.2 Å². The van der Waals surface area contributed by atoms with Crippen LogP contribution in [0.2, 0.25) is 0 Å². The second-order valence-electron chi connectivity index (χ2n) is 5.01. The number of anilines is 2. The molecule has 11 heteroatoms. The molecule has 1 aliphatic heterocycles. The van der Waals surface area contributed by atoms with Crippen LogP contribution in [-0.4, -0.2) is 49.1 Å². The molecule has 0 atom stereocenters. The minimum atomic E-state index is -1.21. The highest BCUT2D eigenvalue weighted by Gasteiger charge is 2.36. The molecule has 1 saturated heterocycles. The number of carboxylic acids is 1. The van der Waals surface area contributed by atoms with E-state index in [1.165, 1.54) is 18.9 Å². The average molecular weight is 684 g/mol. The van der Waals surface area contributed by atoms with Gasteiger partial charge in [0, 0.05) is 14.0 Å². The van der Waals surface area contributed by atoms with Crippen LogP contribution >= 0.6 is 67.8 Å². The Balaban J connectivity index is 2.88. The van der Waals surface area contributed by atoms with Crippen LogP contribution in [0.5, 0.6) is 0 Å². The molecule has 134 valence electrons. The third-order valence-corrected chi connectivity index (χ3v) is 6.59. The van der Waals surface area contributed by atoms with Crippen LogP contribution in [0.1, 0.15) is 17.3 Å². The fourth-order valence-corrected chi connectivity index (χ4v) is 7.05. The van der Waals surface area contributed by atoms with Crippen molar-refractivity contribution in [1.29, 1.82) is 0 Å². The van der Waals surface area contributed by atoms with Gasteiger partial charge in [0.1, 0.15) is 13.2 Å². The van der Waals surface area contributed by atoms with Crippen LogP contribution < -0.4 is 9.80 Å². The summed E-state index contributed by atoms with van der Waals surface area (Å²) in [5, 5.41) is 9.61. The topological polar surface area (TPSA) is 104 Å². The molecule has 1 N–H and O–H groups in total. The summed E-state index contributed by atoms with van der Waals surface area (Å²) in [4.78, 5) is 50.3. The molecule has 0 bridgehead atoms. The lowest BCUT2D eigenvalue weighted by Gasteiger charge is -2.30. The third kappa shape index (κ3) is 3.78. The van der Waals surface area contributed by atoms with Crippen molar-refractivity contribution in [2.45, 2.75) is 6.92 Å². The second-order valence-corrected chi connectivity index (χ2v) is 8.25. The van der Waals surface area contributed by atoms with E-state index in [9.17, 15) is 24.3 Å². The fourth-order valence-electron chi connectivity index (χ4n) is 2.22. The Labute approximate surface area is 183 Å². The number of carboxylic acid groups (broad SMARTS) is 1. The summed E-state index contributed by atoms with van der Waals surface area (Å²) in [6.07, 6.45) is 0. The predicted octanol–water partition coefficient (Wildman–Crippen LogP) is 2.07. The molecule has 1 aromatic carbocycles. The van der Waals surface area contributed by atoms with Crippen molar-refractivity contribution in [3.05, 3.63) is 16.3 Å². The summed E-state index contributed by atoms with van der Waals surface area (Å²) in [5.41, 5.74) is 0.445. The second kappa shape index (κ2) is 7.99. The molecule has 2 rings (SSSR count). The number of imide groups is 1. The van der Waals surface area contributed by atoms with E-state index in [4.69, 9.17) is 4.74 Å². The number of morpholine rings is 1. The maximum atomic E-state index is 12.2. The Morgan fingerprint density at radius 3 is 2.04 bits per heavy atom. The van der Waals surface area contributed by atoms with Gasteiger partial charge >= 0.3 is 5.97 Å². The van der Waals surface area contributed by atoms with Crippen molar-refractivity contribution in [1.82, 2.24) is 0 Å². The number of amides is 3. The first-order valence-electron chi connectivity index (χ1n) is 6.71. The molecule has 0 spiro atoms. The first-order valence-corrected chi connectivity index (χ1v) is 9.94. The SMILES string of the molecule is CC(=O)N(C)c1c(I)c(C(=O)O)c(I)c(N2C(=O)COCC2=O)c1I. The predicted molar refractivity (Wildman–Crippen MR) is 114 cm³/mol. The maximum absolute atomic E-state index is 12.2. The normalized spacial score (nSPS) is 14.7. The number of hydrogen-bond acceptors (Lipinski definition) is 5. The molecular formula is C14H11I3N2O6. The first-order chi connectivity index (χ1) is 11.6.